The van der Waals surface area contributed by atoms with Crippen molar-refractivity contribution in [2.75, 3.05) is 10.6 Å². The zero-order valence-electron chi connectivity index (χ0n) is 22.1. The number of nitriles is 1. The number of hydrogen-bond acceptors (Lipinski definition) is 8. The van der Waals surface area contributed by atoms with Crippen LogP contribution in [0.5, 0.6) is 0 Å². The van der Waals surface area contributed by atoms with E-state index < -0.39 is 11.4 Å². The minimum Gasteiger partial charge on any atom is -0.460 e. The van der Waals surface area contributed by atoms with Gasteiger partial charge in [0.05, 0.1) is 35.8 Å². The van der Waals surface area contributed by atoms with Crippen LogP contribution < -0.4 is 10.6 Å². The summed E-state index contributed by atoms with van der Waals surface area (Å²) >= 11 is 0. The lowest BCUT2D eigenvalue weighted by atomic mass is 9.90. The van der Waals surface area contributed by atoms with Gasteiger partial charge in [0.1, 0.15) is 11.7 Å². The highest BCUT2D eigenvalue weighted by atomic mass is 19.1. The van der Waals surface area contributed by atoms with Crippen molar-refractivity contribution >= 4 is 23.3 Å². The first kappa shape index (κ1) is 27.6. The quantitative estimate of drug-likeness (QED) is 0.340. The zero-order chi connectivity index (χ0) is 27.2. The predicted molar refractivity (Wildman–Crippen MR) is 140 cm³/mol. The van der Waals surface area contributed by atoms with Gasteiger partial charge in [-0.15, -0.1) is 0 Å². The average Bonchev–Trinajstić information content (AvgIpc) is 3.34. The molecular formula is C27H34FN7O2. The Balaban J connectivity index is 1.85. The minimum atomic E-state index is -0.649. The zero-order valence-corrected chi connectivity index (χ0v) is 22.1. The van der Waals surface area contributed by atoms with Crippen LogP contribution >= 0.6 is 0 Å². The molecule has 3 rings (SSSR count). The van der Waals surface area contributed by atoms with Crippen molar-refractivity contribution < 1.29 is 13.9 Å². The van der Waals surface area contributed by atoms with Gasteiger partial charge >= 0.3 is 5.97 Å². The van der Waals surface area contributed by atoms with Crippen LogP contribution in [0.1, 0.15) is 59.9 Å². The summed E-state index contributed by atoms with van der Waals surface area (Å²) in [4.78, 5) is 21.1. The number of esters is 1. The Morgan fingerprint density at radius 1 is 1.22 bits per heavy atom. The molecule has 0 aliphatic rings. The molecule has 196 valence electrons. The fourth-order valence-corrected chi connectivity index (χ4v) is 3.86. The smallest absolute Gasteiger partial charge is 0.306 e. The van der Waals surface area contributed by atoms with E-state index in [-0.39, 0.29) is 47.5 Å². The maximum atomic E-state index is 15.0. The first-order valence-electron chi connectivity index (χ1n) is 12.3. The average molecular weight is 508 g/mol. The summed E-state index contributed by atoms with van der Waals surface area (Å²) in [5, 5.41) is 20.1. The van der Waals surface area contributed by atoms with Gasteiger partial charge in [0.15, 0.2) is 17.5 Å². The molecule has 2 N–H and O–H groups in total. The minimum absolute atomic E-state index is 0.000575. The van der Waals surface area contributed by atoms with Crippen LogP contribution in [0.4, 0.5) is 21.7 Å². The van der Waals surface area contributed by atoms with E-state index in [1.807, 2.05) is 33.8 Å². The first-order chi connectivity index (χ1) is 17.4. The van der Waals surface area contributed by atoms with Gasteiger partial charge < -0.3 is 15.4 Å². The van der Waals surface area contributed by atoms with E-state index in [4.69, 9.17) is 4.74 Å². The van der Waals surface area contributed by atoms with Crippen molar-refractivity contribution in [1.82, 2.24) is 19.7 Å². The Morgan fingerprint density at radius 3 is 2.59 bits per heavy atom. The van der Waals surface area contributed by atoms with Crippen LogP contribution in [0.15, 0.2) is 43.0 Å². The van der Waals surface area contributed by atoms with E-state index in [1.165, 1.54) is 0 Å². The number of carbonyl (C=O) groups excluding carboxylic acids is 1. The van der Waals surface area contributed by atoms with Crippen LogP contribution in [0.2, 0.25) is 0 Å². The van der Waals surface area contributed by atoms with Crippen molar-refractivity contribution in [3.05, 3.63) is 54.4 Å². The fraction of sp³-hybridized carbons (Fsp3) is 0.444. The molecular weight excluding hydrogens is 473 g/mol. The summed E-state index contributed by atoms with van der Waals surface area (Å²) in [6.45, 7) is 11.5. The number of rotatable bonds is 10. The Hall–Kier alpha value is -4.00. The maximum absolute atomic E-state index is 15.0. The van der Waals surface area contributed by atoms with Gasteiger partial charge in [-0.3, -0.25) is 9.78 Å². The summed E-state index contributed by atoms with van der Waals surface area (Å²) in [5.41, 5.74) is 0.742. The SMILES string of the molecule is CC(C)C[C@@H](Nc1nc(Nc2cncc(-n3cccn3)c2)c(C#N)cc1F)[C@H](C)CC(=O)OC(C)(C)C. The molecule has 0 spiro atoms. The number of nitrogens with one attached hydrogen (secondary N) is 2. The highest BCUT2D eigenvalue weighted by Gasteiger charge is 2.26. The highest BCUT2D eigenvalue weighted by molar-refractivity contribution is 5.70. The second-order valence-electron chi connectivity index (χ2n) is 10.5. The summed E-state index contributed by atoms with van der Waals surface area (Å²) in [6, 6.07) is 6.48. The van der Waals surface area contributed by atoms with E-state index in [1.54, 1.807) is 41.6 Å². The molecule has 3 aromatic rings. The third-order valence-electron chi connectivity index (χ3n) is 5.49. The Labute approximate surface area is 217 Å². The molecule has 0 saturated heterocycles. The van der Waals surface area contributed by atoms with Gasteiger partial charge in [-0.25, -0.2) is 14.1 Å². The molecule has 9 nitrogen and oxygen atoms in total. The number of hydrogen-bond donors (Lipinski definition) is 2. The molecule has 0 fully saturated rings. The van der Waals surface area contributed by atoms with Crippen LogP contribution in [0.3, 0.4) is 0 Å². The molecule has 3 heterocycles. The third kappa shape index (κ3) is 8.00. The molecule has 0 radical (unpaired) electrons. The normalized spacial score (nSPS) is 13.1. The van der Waals surface area contributed by atoms with E-state index in [9.17, 15) is 10.1 Å². The number of carbonyl (C=O) groups is 1. The second-order valence-corrected chi connectivity index (χ2v) is 10.5. The molecule has 0 amide bonds. The topological polar surface area (TPSA) is 118 Å². The van der Waals surface area contributed by atoms with Gasteiger partial charge in [-0.1, -0.05) is 20.8 Å². The number of aromatic nitrogens is 4. The van der Waals surface area contributed by atoms with Gasteiger partial charge in [0.2, 0.25) is 0 Å². The van der Waals surface area contributed by atoms with Crippen molar-refractivity contribution in [1.29, 1.82) is 5.26 Å². The molecule has 0 saturated carbocycles. The van der Waals surface area contributed by atoms with Crippen LogP contribution in [0, 0.1) is 29.0 Å². The largest absolute Gasteiger partial charge is 0.460 e. The molecule has 0 unspecified atom stereocenters. The molecule has 0 aromatic carbocycles. The maximum Gasteiger partial charge on any atom is 0.306 e. The summed E-state index contributed by atoms with van der Waals surface area (Å²) in [7, 11) is 0. The molecule has 10 heteroatoms. The molecule has 0 aliphatic heterocycles. The van der Waals surface area contributed by atoms with E-state index in [0.717, 1.165) is 6.07 Å². The number of pyridine rings is 2. The Morgan fingerprint density at radius 2 is 1.97 bits per heavy atom. The van der Waals surface area contributed by atoms with Crippen molar-refractivity contribution in [3.63, 3.8) is 0 Å². The number of ether oxygens (including phenoxy) is 1. The van der Waals surface area contributed by atoms with E-state index >= 15 is 4.39 Å². The molecule has 3 aromatic heterocycles. The van der Waals surface area contributed by atoms with Crippen LogP contribution in [-0.4, -0.2) is 37.4 Å². The van der Waals surface area contributed by atoms with Crippen LogP contribution in [-0.2, 0) is 9.53 Å². The third-order valence-corrected chi connectivity index (χ3v) is 5.49. The van der Waals surface area contributed by atoms with Crippen molar-refractivity contribution in [3.8, 4) is 11.8 Å². The first-order valence-corrected chi connectivity index (χ1v) is 12.3. The molecule has 0 aliphatic carbocycles. The summed E-state index contributed by atoms with van der Waals surface area (Å²) in [5.74, 6) is -0.637. The lowest BCUT2D eigenvalue weighted by Gasteiger charge is -2.28. The van der Waals surface area contributed by atoms with Gasteiger partial charge in [0, 0.05) is 18.4 Å². The second kappa shape index (κ2) is 11.8. The fourth-order valence-electron chi connectivity index (χ4n) is 3.86. The van der Waals surface area contributed by atoms with Crippen molar-refractivity contribution in [2.24, 2.45) is 11.8 Å². The van der Waals surface area contributed by atoms with E-state index in [0.29, 0.717) is 17.8 Å². The predicted octanol–water partition coefficient (Wildman–Crippen LogP) is 5.61. The van der Waals surface area contributed by atoms with Crippen LogP contribution in [0.25, 0.3) is 5.69 Å². The summed E-state index contributed by atoms with van der Waals surface area (Å²) < 4.78 is 22.2. The number of halogens is 1. The van der Waals surface area contributed by atoms with Crippen molar-refractivity contribution in [2.45, 2.75) is 66.0 Å². The van der Waals surface area contributed by atoms with Gasteiger partial charge in [-0.2, -0.15) is 10.4 Å². The molecule has 2 atom stereocenters. The lowest BCUT2D eigenvalue weighted by molar-refractivity contribution is -0.156. The molecule has 0 bridgehead atoms. The molecule has 37 heavy (non-hydrogen) atoms. The lowest BCUT2D eigenvalue weighted by Crippen LogP contribution is -2.33. The monoisotopic (exact) mass is 507 g/mol. The Kier molecular flexibility index (Phi) is 8.81. The highest BCUT2D eigenvalue weighted by Crippen LogP contribution is 2.27. The standard InChI is InChI=1S/C27H34FN7O2/c1-17(2)10-23(18(3)11-24(36)37-27(4,5)6)33-26-22(28)12-19(14-29)25(34-26)32-20-13-21(16-30-15-20)35-9-7-8-31-35/h7-9,12-13,15-18,23H,10-11H2,1-6H3,(H2,32,33,34)/t18-,23-/m1/s1. The van der Waals surface area contributed by atoms with Gasteiger partial charge in [-0.05, 0) is 57.2 Å². The number of nitrogens with zero attached hydrogens (tertiary/aromatic N) is 5. The van der Waals surface area contributed by atoms with E-state index in [2.05, 4.69) is 39.5 Å². The van der Waals surface area contributed by atoms with Gasteiger partial charge in [0.25, 0.3) is 0 Å². The number of anilines is 3. The summed E-state index contributed by atoms with van der Waals surface area (Å²) in [6.07, 6.45) is 7.53. The Bertz CT molecular complexity index is 1250.